The normalized spacial score (nSPS) is 12.2. The lowest BCUT2D eigenvalue weighted by atomic mass is 9.99. The number of aromatic nitrogens is 10. The zero-order chi connectivity index (χ0) is 58.1. The molecule has 5 N–H and O–H groups in total. The number of aryl methyl sites for hydroxylation is 7. The molecule has 1 atom stereocenters. The Morgan fingerprint density at radius 1 is 0.617 bits per heavy atom. The number of nitrogens with one attached hydrogen (secondary N) is 4. The minimum absolute atomic E-state index is 0.00392. The average Bonchev–Trinajstić information content (AvgIpc) is 4.48. The first-order valence-corrected chi connectivity index (χ1v) is 26.0. The number of aliphatic imine (C=N–C) groups is 1. The van der Waals surface area contributed by atoms with Gasteiger partial charge in [0.2, 0.25) is 11.6 Å². The van der Waals surface area contributed by atoms with Crippen molar-refractivity contribution in [1.29, 1.82) is 0 Å². The molecule has 0 radical (unpaired) electrons. The fraction of sp³-hybridized carbons (Fsp3) is 0.298. The quantitative estimate of drug-likeness (QED) is 0.0534. The van der Waals surface area contributed by atoms with Gasteiger partial charge in [0, 0.05) is 148 Å². The second kappa shape index (κ2) is 22.8. The molecule has 9 rings (SSSR count). The standard InChI is InChI=1S/C57H61N15O9/c1-10-44(73)41-17-32(25-67(41)4)18-46(75)33-11-12-39-34(19-33)20-40(63-39)49-50(77)35(26-70(49)7)21-47(76)51-60-38(29-71(51)8)24-45(74)31(2)13-14-59-54(78)42-22-36(27-68(42)5)61-55(79)43-23-37(28-69(43)6)62-57(81)53-64-48(30-72(53)9)65-56(80)52-58-15-16-66(52)3/h11-12,15-17,19,22-23,25-31,77H,10,13-14,18,20-21,24H2,1-9H3,(H,59,78)(H,61,79)(H,62,81)(H,65,80)/t31-/m1/s1. The van der Waals surface area contributed by atoms with Gasteiger partial charge in [-0.05, 0) is 53.9 Å². The molecule has 0 fully saturated rings. The fourth-order valence-electron chi connectivity index (χ4n) is 9.86. The number of amides is 4. The molecule has 8 aromatic rings. The Hall–Kier alpha value is -10.00. The van der Waals surface area contributed by atoms with Gasteiger partial charge >= 0.3 is 0 Å². The Morgan fingerprint density at radius 2 is 1.28 bits per heavy atom. The number of hydrogen-bond acceptors (Lipinski definition) is 13. The van der Waals surface area contributed by atoms with Gasteiger partial charge < -0.3 is 58.3 Å². The van der Waals surface area contributed by atoms with Gasteiger partial charge in [-0.15, -0.1) is 0 Å². The van der Waals surface area contributed by atoms with Gasteiger partial charge in [0.15, 0.2) is 29.0 Å². The number of fused-ring (bicyclic) bond motifs is 1. The molecular weight excluding hydrogens is 1040 g/mol. The molecular formula is C57H61N15O9. The first-order chi connectivity index (χ1) is 38.5. The fourth-order valence-corrected chi connectivity index (χ4v) is 9.86. The summed E-state index contributed by atoms with van der Waals surface area (Å²) >= 11 is 0. The Kier molecular flexibility index (Phi) is 15.7. The number of carbonyl (C=O) groups is 8. The first kappa shape index (κ1) is 55.7. The van der Waals surface area contributed by atoms with Crippen molar-refractivity contribution < 1.29 is 43.5 Å². The predicted octanol–water partition coefficient (Wildman–Crippen LogP) is 5.39. The van der Waals surface area contributed by atoms with Crippen LogP contribution in [0.5, 0.6) is 5.75 Å². The van der Waals surface area contributed by atoms with E-state index in [1.807, 2.05) is 6.07 Å². The van der Waals surface area contributed by atoms with E-state index in [1.165, 1.54) is 33.7 Å². The third-order valence-electron chi connectivity index (χ3n) is 14.2. The molecule has 0 spiro atoms. The molecule has 1 aliphatic rings. The van der Waals surface area contributed by atoms with E-state index in [-0.39, 0.29) is 89.4 Å². The molecule has 1 aromatic carbocycles. The molecule has 24 nitrogen and oxygen atoms in total. The summed E-state index contributed by atoms with van der Waals surface area (Å²) in [4.78, 5) is 123. The molecule has 0 saturated heterocycles. The van der Waals surface area contributed by atoms with E-state index in [0.29, 0.717) is 70.2 Å². The number of carbonyl (C=O) groups excluding carboxylic acids is 8. The molecule has 7 aromatic heterocycles. The van der Waals surface area contributed by atoms with E-state index in [4.69, 9.17) is 4.99 Å². The molecule has 1 aliphatic heterocycles. The number of aromatic hydroxyl groups is 1. The van der Waals surface area contributed by atoms with E-state index in [2.05, 4.69) is 36.2 Å². The van der Waals surface area contributed by atoms with E-state index in [1.54, 1.807) is 141 Å². The molecule has 418 valence electrons. The minimum atomic E-state index is -0.584. The number of hydrogen-bond donors (Lipinski definition) is 5. The highest BCUT2D eigenvalue weighted by Crippen LogP contribution is 2.35. The summed E-state index contributed by atoms with van der Waals surface area (Å²) in [5.74, 6) is -2.74. The predicted molar refractivity (Wildman–Crippen MR) is 299 cm³/mol. The monoisotopic (exact) mass is 1100 g/mol. The number of anilines is 3. The van der Waals surface area contributed by atoms with Crippen LogP contribution in [0.3, 0.4) is 0 Å². The third-order valence-corrected chi connectivity index (χ3v) is 14.2. The van der Waals surface area contributed by atoms with E-state index in [0.717, 1.165) is 11.1 Å². The van der Waals surface area contributed by atoms with Gasteiger partial charge in [-0.25, -0.2) is 15.0 Å². The summed E-state index contributed by atoms with van der Waals surface area (Å²) in [6.07, 6.45) is 13.8. The molecule has 0 saturated carbocycles. The second-order valence-electron chi connectivity index (χ2n) is 20.4. The highest BCUT2D eigenvalue weighted by atomic mass is 16.3. The number of imidazole rings is 3. The van der Waals surface area contributed by atoms with Crippen LogP contribution in [-0.4, -0.2) is 111 Å². The van der Waals surface area contributed by atoms with Crippen LogP contribution in [0, 0.1) is 5.92 Å². The van der Waals surface area contributed by atoms with Crippen molar-refractivity contribution in [3.63, 3.8) is 0 Å². The minimum Gasteiger partial charge on any atom is -0.505 e. The SMILES string of the molecule is CCC(=O)c1cc(CC(=O)c2ccc3c(c2)CC(c2c(O)c(CC(=O)c4nc(CC(=O)[C@H](C)CCNC(=O)c5cc(NC(=O)c6cc(NC(=O)c7nc(NC(=O)c8nccn8C)cn7C)cn6C)cn5C)cn4C)cn2C)=N3)cn1C. The lowest BCUT2D eigenvalue weighted by Crippen LogP contribution is -2.28. The van der Waals surface area contributed by atoms with Crippen molar-refractivity contribution in [3.8, 4) is 5.75 Å². The van der Waals surface area contributed by atoms with Crippen LogP contribution in [0.25, 0.3) is 0 Å². The Bertz CT molecular complexity index is 3900. The smallest absolute Gasteiger partial charge is 0.292 e. The summed E-state index contributed by atoms with van der Waals surface area (Å²) < 4.78 is 11.1. The number of ketones is 4. The maximum absolute atomic E-state index is 13.7. The highest BCUT2D eigenvalue weighted by molar-refractivity contribution is 6.10. The van der Waals surface area contributed by atoms with Crippen LogP contribution in [0.15, 0.2) is 91.0 Å². The topological polar surface area (TPSA) is 290 Å². The molecule has 0 bridgehead atoms. The van der Waals surface area contributed by atoms with E-state index in [9.17, 15) is 43.5 Å². The summed E-state index contributed by atoms with van der Waals surface area (Å²) in [6.45, 7) is 3.72. The van der Waals surface area contributed by atoms with Crippen molar-refractivity contribution in [2.45, 2.75) is 52.4 Å². The largest absolute Gasteiger partial charge is 0.505 e. The first-order valence-electron chi connectivity index (χ1n) is 26.0. The second-order valence-corrected chi connectivity index (χ2v) is 20.4. The zero-order valence-electron chi connectivity index (χ0n) is 46.2. The summed E-state index contributed by atoms with van der Waals surface area (Å²) in [5, 5.41) is 22.5. The maximum Gasteiger partial charge on any atom is 0.292 e. The van der Waals surface area contributed by atoms with Crippen LogP contribution in [-0.2, 0) is 79.8 Å². The average molecular weight is 1100 g/mol. The van der Waals surface area contributed by atoms with Gasteiger partial charge in [-0.2, -0.15) is 0 Å². The number of Topliss-reactive ketones (excluding diaryl/α,β-unsaturated/α-hetero) is 4. The van der Waals surface area contributed by atoms with Gasteiger partial charge in [0.1, 0.15) is 28.6 Å². The van der Waals surface area contributed by atoms with Gasteiger partial charge in [0.05, 0.1) is 40.6 Å². The van der Waals surface area contributed by atoms with Crippen LogP contribution >= 0.6 is 0 Å². The Labute approximate surface area is 464 Å². The van der Waals surface area contributed by atoms with Crippen molar-refractivity contribution in [2.75, 3.05) is 22.5 Å². The molecule has 24 heteroatoms. The Balaban J connectivity index is 0.730. The molecule has 4 amide bonds. The van der Waals surface area contributed by atoms with Gasteiger partial charge in [-0.1, -0.05) is 13.8 Å². The van der Waals surface area contributed by atoms with Crippen LogP contribution in [0.4, 0.5) is 22.9 Å². The zero-order valence-corrected chi connectivity index (χ0v) is 46.2. The van der Waals surface area contributed by atoms with E-state index < -0.39 is 29.5 Å². The summed E-state index contributed by atoms with van der Waals surface area (Å²) in [7, 11) is 11.8. The van der Waals surface area contributed by atoms with Crippen molar-refractivity contribution >= 4 is 75.4 Å². The molecule has 8 heterocycles. The van der Waals surface area contributed by atoms with Gasteiger partial charge in [-0.3, -0.25) is 43.3 Å². The lowest BCUT2D eigenvalue weighted by Gasteiger charge is -2.11. The van der Waals surface area contributed by atoms with Crippen molar-refractivity contribution in [1.82, 2.24) is 52.2 Å². The third kappa shape index (κ3) is 11.9. The number of benzene rings is 1. The number of rotatable bonds is 22. The highest BCUT2D eigenvalue weighted by Gasteiger charge is 2.28. The maximum atomic E-state index is 13.7. The Morgan fingerprint density at radius 3 is 1.98 bits per heavy atom. The van der Waals surface area contributed by atoms with Crippen LogP contribution < -0.4 is 21.3 Å². The van der Waals surface area contributed by atoms with E-state index >= 15 is 0 Å². The summed E-state index contributed by atoms with van der Waals surface area (Å²) in [6, 6.07) is 10.1. The van der Waals surface area contributed by atoms with Crippen molar-refractivity contribution in [2.24, 2.45) is 60.2 Å². The molecule has 0 unspecified atom stereocenters. The molecule has 81 heavy (non-hydrogen) atoms. The lowest BCUT2D eigenvalue weighted by molar-refractivity contribution is -0.121. The van der Waals surface area contributed by atoms with Crippen molar-refractivity contribution in [3.05, 3.63) is 154 Å². The van der Waals surface area contributed by atoms with Crippen LogP contribution in [0.1, 0.15) is 128 Å². The number of nitrogens with zero attached hydrogens (tertiary/aromatic N) is 11. The van der Waals surface area contributed by atoms with Crippen LogP contribution in [0.2, 0.25) is 0 Å². The molecule has 0 aliphatic carbocycles. The summed E-state index contributed by atoms with van der Waals surface area (Å²) in [5.41, 5.74) is 6.24. The van der Waals surface area contributed by atoms with Gasteiger partial charge in [0.25, 0.3) is 23.6 Å².